The quantitative estimate of drug-likeness (QED) is 0.555. The Balaban J connectivity index is 2.36. The van der Waals surface area contributed by atoms with Crippen LogP contribution in [0.5, 0.6) is 0 Å². The van der Waals surface area contributed by atoms with Crippen LogP contribution in [0.25, 0.3) is 0 Å². The fraction of sp³-hybridized carbons (Fsp3) is 0.273. The second kappa shape index (κ2) is 7.21. The van der Waals surface area contributed by atoms with Crippen molar-refractivity contribution in [3.8, 4) is 0 Å². The lowest BCUT2D eigenvalue weighted by molar-refractivity contribution is -0.388. The van der Waals surface area contributed by atoms with Crippen LogP contribution in [-0.4, -0.2) is 37.1 Å². The number of benzene rings is 1. The molecule has 0 aliphatic carbocycles. The first-order valence-electron chi connectivity index (χ1n) is 6.34. The summed E-state index contributed by atoms with van der Waals surface area (Å²) in [5.41, 5.74) is -0.300. The van der Waals surface area contributed by atoms with Crippen LogP contribution < -0.4 is 10.0 Å². The molecule has 0 spiro atoms. The molecule has 2 N–H and O–H groups in total. The van der Waals surface area contributed by atoms with Gasteiger partial charge in [-0.25, -0.2) is 13.1 Å². The van der Waals surface area contributed by atoms with Gasteiger partial charge in [0.05, 0.1) is 14.7 Å². The molecule has 0 bridgehead atoms. The maximum Gasteiger partial charge on any atom is 0.284 e. The van der Waals surface area contributed by atoms with E-state index in [0.717, 1.165) is 17.8 Å². The third-order valence-corrected chi connectivity index (χ3v) is 6.05. The van der Waals surface area contributed by atoms with Gasteiger partial charge in [-0.2, -0.15) is 0 Å². The molecular weight excluding hydrogens is 362 g/mol. The Hall–Kier alpha value is -1.76. The lowest BCUT2D eigenvalue weighted by Crippen LogP contribution is -2.18. The van der Waals surface area contributed by atoms with E-state index in [9.17, 15) is 18.5 Å². The van der Waals surface area contributed by atoms with E-state index in [1.165, 1.54) is 30.5 Å². The van der Waals surface area contributed by atoms with Gasteiger partial charge in [0.15, 0.2) is 4.34 Å². The summed E-state index contributed by atoms with van der Waals surface area (Å²) >= 11 is 2.33. The number of nitrogens with one attached hydrogen (secondary N) is 2. The van der Waals surface area contributed by atoms with E-state index in [1.807, 2.05) is 6.92 Å². The molecule has 9 nitrogen and oxygen atoms in total. The first kappa shape index (κ1) is 17.6. The Bertz CT molecular complexity index is 821. The molecule has 0 fully saturated rings. The van der Waals surface area contributed by atoms with E-state index in [1.54, 1.807) is 0 Å². The number of nitro groups is 1. The smallest absolute Gasteiger partial charge is 0.284 e. The number of nitro benzene ring substituents is 1. The molecule has 124 valence electrons. The zero-order valence-corrected chi connectivity index (χ0v) is 14.6. The summed E-state index contributed by atoms with van der Waals surface area (Å²) in [6, 6.07) is 3.73. The molecule has 2 aromatic rings. The average Bonchev–Trinajstić information content (AvgIpc) is 2.95. The Morgan fingerprint density at radius 1 is 1.39 bits per heavy atom. The highest BCUT2D eigenvalue weighted by Gasteiger charge is 2.22. The number of hydrogen-bond donors (Lipinski definition) is 2. The highest BCUT2D eigenvalue weighted by atomic mass is 32.2. The first-order chi connectivity index (χ1) is 10.9. The average molecular weight is 375 g/mol. The van der Waals surface area contributed by atoms with Crippen molar-refractivity contribution in [1.82, 2.24) is 14.9 Å². The topological polar surface area (TPSA) is 127 Å². The molecule has 2 rings (SSSR count). The Morgan fingerprint density at radius 3 is 2.74 bits per heavy atom. The fourth-order valence-electron chi connectivity index (χ4n) is 1.58. The minimum Gasteiger partial charge on any atom is -0.360 e. The molecule has 1 aromatic carbocycles. The summed E-state index contributed by atoms with van der Waals surface area (Å²) in [5.74, 6) is 0. The van der Waals surface area contributed by atoms with Gasteiger partial charge in [-0.05, 0) is 37.9 Å². The molecule has 0 amide bonds. The van der Waals surface area contributed by atoms with Gasteiger partial charge in [0.25, 0.3) is 5.69 Å². The van der Waals surface area contributed by atoms with Crippen LogP contribution in [0.15, 0.2) is 32.3 Å². The number of nitrogens with zero attached hydrogens (tertiary/aromatic N) is 3. The van der Waals surface area contributed by atoms with Crippen molar-refractivity contribution in [2.24, 2.45) is 0 Å². The van der Waals surface area contributed by atoms with Gasteiger partial charge in [-0.3, -0.25) is 10.1 Å². The Labute approximate surface area is 140 Å². The predicted molar refractivity (Wildman–Crippen MR) is 87.5 cm³/mol. The normalized spacial score (nSPS) is 11.4. The lowest BCUT2D eigenvalue weighted by Gasteiger charge is -2.05. The third kappa shape index (κ3) is 4.16. The SMILES string of the molecule is CCNc1nnc(Sc2ccc(S(=O)(=O)NC)cc2[N+](=O)[O-])s1. The summed E-state index contributed by atoms with van der Waals surface area (Å²) in [4.78, 5) is 10.7. The van der Waals surface area contributed by atoms with Crippen LogP contribution in [0.4, 0.5) is 10.8 Å². The van der Waals surface area contributed by atoms with Crippen LogP contribution in [0, 0.1) is 10.1 Å². The molecule has 0 aliphatic rings. The molecule has 0 saturated carbocycles. The molecule has 0 aliphatic heterocycles. The molecule has 1 aromatic heterocycles. The molecule has 1 heterocycles. The van der Waals surface area contributed by atoms with Crippen molar-refractivity contribution in [3.63, 3.8) is 0 Å². The molecular formula is C11H13N5O4S3. The molecule has 0 atom stereocenters. The van der Waals surface area contributed by atoms with Crippen molar-refractivity contribution in [2.45, 2.75) is 21.1 Å². The number of aromatic nitrogens is 2. The maximum atomic E-state index is 11.8. The number of rotatable bonds is 7. The van der Waals surface area contributed by atoms with Gasteiger partial charge in [0, 0.05) is 12.6 Å². The monoisotopic (exact) mass is 375 g/mol. The number of anilines is 1. The van der Waals surface area contributed by atoms with Crippen molar-refractivity contribution in [3.05, 3.63) is 28.3 Å². The van der Waals surface area contributed by atoms with E-state index in [2.05, 4.69) is 20.2 Å². The van der Waals surface area contributed by atoms with Crippen molar-refractivity contribution < 1.29 is 13.3 Å². The van der Waals surface area contributed by atoms with Crippen molar-refractivity contribution in [1.29, 1.82) is 0 Å². The van der Waals surface area contributed by atoms with E-state index in [4.69, 9.17) is 0 Å². The van der Waals surface area contributed by atoms with Gasteiger partial charge in [0.1, 0.15) is 0 Å². The molecule has 0 saturated heterocycles. The van der Waals surface area contributed by atoms with Gasteiger partial charge in [-0.1, -0.05) is 11.3 Å². The van der Waals surface area contributed by atoms with Gasteiger partial charge in [-0.15, -0.1) is 10.2 Å². The Kier molecular flexibility index (Phi) is 5.51. The van der Waals surface area contributed by atoms with E-state index in [-0.39, 0.29) is 10.6 Å². The van der Waals surface area contributed by atoms with Crippen molar-refractivity contribution in [2.75, 3.05) is 18.9 Å². The second-order valence-corrected chi connectivity index (χ2v) is 8.25. The summed E-state index contributed by atoms with van der Waals surface area (Å²) in [6.07, 6.45) is 0. The zero-order chi connectivity index (χ0) is 17.0. The van der Waals surface area contributed by atoms with Crippen LogP contribution in [-0.2, 0) is 10.0 Å². The minimum absolute atomic E-state index is 0.165. The highest BCUT2D eigenvalue weighted by molar-refractivity contribution is 8.01. The van der Waals surface area contributed by atoms with Gasteiger partial charge in [0.2, 0.25) is 15.2 Å². The largest absolute Gasteiger partial charge is 0.360 e. The highest BCUT2D eigenvalue weighted by Crippen LogP contribution is 2.38. The second-order valence-electron chi connectivity index (χ2n) is 4.10. The Morgan fingerprint density at radius 2 is 2.13 bits per heavy atom. The van der Waals surface area contributed by atoms with Gasteiger partial charge >= 0.3 is 0 Å². The predicted octanol–water partition coefficient (Wildman–Crippen LogP) is 1.94. The molecule has 0 radical (unpaired) electrons. The number of hydrogen-bond acceptors (Lipinski definition) is 9. The standard InChI is InChI=1S/C11H13N5O4S3/c1-3-13-10-14-15-11(22-10)21-9-5-4-7(23(19,20)12-2)6-8(9)16(17)18/h4-6,12H,3H2,1-2H3,(H,13,14). The molecule has 12 heteroatoms. The maximum absolute atomic E-state index is 11.8. The summed E-state index contributed by atoms with van der Waals surface area (Å²) < 4.78 is 26.1. The van der Waals surface area contributed by atoms with Crippen LogP contribution in [0.1, 0.15) is 6.92 Å². The zero-order valence-electron chi connectivity index (χ0n) is 12.1. The van der Waals surface area contributed by atoms with E-state index < -0.39 is 14.9 Å². The first-order valence-corrected chi connectivity index (χ1v) is 9.46. The van der Waals surface area contributed by atoms with Crippen LogP contribution in [0.3, 0.4) is 0 Å². The van der Waals surface area contributed by atoms with Crippen LogP contribution >= 0.6 is 23.1 Å². The fourth-order valence-corrected chi connectivity index (χ4v) is 4.19. The lowest BCUT2D eigenvalue weighted by atomic mass is 10.3. The van der Waals surface area contributed by atoms with E-state index >= 15 is 0 Å². The van der Waals surface area contributed by atoms with Crippen LogP contribution in [0.2, 0.25) is 0 Å². The van der Waals surface area contributed by atoms with Crippen molar-refractivity contribution >= 4 is 43.9 Å². The minimum atomic E-state index is -3.75. The van der Waals surface area contributed by atoms with E-state index in [0.29, 0.717) is 20.9 Å². The number of sulfonamides is 1. The third-order valence-electron chi connectivity index (χ3n) is 2.64. The summed E-state index contributed by atoms with van der Waals surface area (Å²) in [7, 11) is -2.50. The molecule has 23 heavy (non-hydrogen) atoms. The summed E-state index contributed by atoms with van der Waals surface area (Å²) in [6.45, 7) is 2.61. The summed E-state index contributed by atoms with van der Waals surface area (Å²) in [5, 5.41) is 22.7. The molecule has 0 unspecified atom stereocenters. The van der Waals surface area contributed by atoms with Gasteiger partial charge < -0.3 is 5.32 Å².